The highest BCUT2D eigenvalue weighted by molar-refractivity contribution is 7.89. The van der Waals surface area contributed by atoms with E-state index < -0.39 is 22.0 Å². The molecule has 1 fully saturated rings. The number of hydrogen-bond donors (Lipinski definition) is 0. The Labute approximate surface area is 111 Å². The molecule has 8 heteroatoms. The van der Waals surface area contributed by atoms with Crippen molar-refractivity contribution >= 4 is 16.0 Å². The summed E-state index contributed by atoms with van der Waals surface area (Å²) in [4.78, 5) is 11.1. The lowest BCUT2D eigenvalue weighted by atomic mass is 10.2. The number of carboxylic acids is 1. The van der Waals surface area contributed by atoms with E-state index in [-0.39, 0.29) is 11.4 Å². The molecule has 19 heavy (non-hydrogen) atoms. The van der Waals surface area contributed by atoms with Crippen LogP contribution >= 0.6 is 0 Å². The van der Waals surface area contributed by atoms with Gasteiger partial charge in [-0.1, -0.05) is 0 Å². The molecular formula is C11H16N3O4S-. The molecule has 1 aromatic rings. The normalized spacial score (nSPS) is 20.8. The number of aliphatic carboxylic acids is 1. The molecule has 0 N–H and O–H groups in total. The first kappa shape index (κ1) is 14.0. The minimum Gasteiger partial charge on any atom is -0.548 e. The second-order valence-corrected chi connectivity index (χ2v) is 6.39. The predicted octanol–water partition coefficient (Wildman–Crippen LogP) is -0.886. The standard InChI is InChI=1S/C11H17N3O4S/c1-3-13-7-10(8(2)12-13)19(17,18)14-6-4-5-9(14)11(15)16/h7,9H,3-6H2,1-2H3,(H,15,16)/p-1/t9-/m0/s1. The SMILES string of the molecule is CCn1cc(S(=O)(=O)N2CCC[C@H]2C(=O)[O-])c(C)n1. The molecule has 106 valence electrons. The van der Waals surface area contributed by atoms with E-state index in [2.05, 4.69) is 5.10 Å². The summed E-state index contributed by atoms with van der Waals surface area (Å²) in [7, 11) is -3.82. The smallest absolute Gasteiger partial charge is 0.247 e. The largest absolute Gasteiger partial charge is 0.548 e. The number of sulfonamides is 1. The predicted molar refractivity (Wildman–Crippen MR) is 64.6 cm³/mol. The first-order valence-corrected chi connectivity index (χ1v) is 7.58. The van der Waals surface area contributed by atoms with Crippen LogP contribution < -0.4 is 5.11 Å². The molecule has 1 aliphatic heterocycles. The van der Waals surface area contributed by atoms with Crippen LogP contribution in [-0.4, -0.2) is 41.1 Å². The van der Waals surface area contributed by atoms with E-state index in [9.17, 15) is 18.3 Å². The van der Waals surface area contributed by atoms with Crippen molar-refractivity contribution in [3.63, 3.8) is 0 Å². The van der Waals surface area contributed by atoms with Gasteiger partial charge in [0.05, 0.1) is 17.7 Å². The molecule has 0 aromatic carbocycles. The zero-order valence-electron chi connectivity index (χ0n) is 10.9. The Balaban J connectivity index is 2.41. The minimum atomic E-state index is -3.82. The number of aromatic nitrogens is 2. The molecule has 0 bridgehead atoms. The van der Waals surface area contributed by atoms with Gasteiger partial charge >= 0.3 is 0 Å². The molecule has 1 saturated heterocycles. The summed E-state index contributed by atoms with van der Waals surface area (Å²) in [5.41, 5.74) is 0.380. The van der Waals surface area contributed by atoms with E-state index >= 15 is 0 Å². The number of carboxylic acid groups (broad SMARTS) is 1. The minimum absolute atomic E-state index is 0.0718. The molecule has 0 amide bonds. The third-order valence-corrected chi connectivity index (χ3v) is 5.30. The van der Waals surface area contributed by atoms with Gasteiger partial charge in [-0.2, -0.15) is 9.40 Å². The molecule has 0 aliphatic carbocycles. The van der Waals surface area contributed by atoms with E-state index in [1.807, 2.05) is 6.92 Å². The van der Waals surface area contributed by atoms with Gasteiger partial charge in [0.1, 0.15) is 4.90 Å². The third-order valence-electron chi connectivity index (χ3n) is 3.29. The lowest BCUT2D eigenvalue weighted by molar-refractivity contribution is -0.309. The van der Waals surface area contributed by atoms with E-state index in [0.29, 0.717) is 25.1 Å². The maximum Gasteiger partial charge on any atom is 0.247 e. The molecule has 0 unspecified atom stereocenters. The van der Waals surface area contributed by atoms with Crippen molar-refractivity contribution in [2.75, 3.05) is 6.54 Å². The summed E-state index contributed by atoms with van der Waals surface area (Å²) < 4.78 is 27.5. The molecule has 2 heterocycles. The summed E-state index contributed by atoms with van der Waals surface area (Å²) >= 11 is 0. The lowest BCUT2D eigenvalue weighted by Crippen LogP contribution is -2.46. The fourth-order valence-electron chi connectivity index (χ4n) is 2.30. The van der Waals surface area contributed by atoms with Gasteiger partial charge in [0.2, 0.25) is 10.0 Å². The van der Waals surface area contributed by atoms with Crippen molar-refractivity contribution in [1.82, 2.24) is 14.1 Å². The molecule has 2 rings (SSSR count). The molecule has 1 atom stereocenters. The number of hydrogen-bond acceptors (Lipinski definition) is 5. The Hall–Kier alpha value is -1.41. The summed E-state index contributed by atoms with van der Waals surface area (Å²) in [5.74, 6) is -1.35. The highest BCUT2D eigenvalue weighted by atomic mass is 32.2. The zero-order chi connectivity index (χ0) is 14.2. The number of carbonyl (C=O) groups is 1. The fourth-order valence-corrected chi connectivity index (χ4v) is 4.12. The Morgan fingerprint density at radius 3 is 2.79 bits per heavy atom. The summed E-state index contributed by atoms with van der Waals surface area (Å²) in [5, 5.41) is 15.1. The van der Waals surface area contributed by atoms with Crippen molar-refractivity contribution in [2.24, 2.45) is 0 Å². The first-order valence-electron chi connectivity index (χ1n) is 6.14. The molecule has 0 saturated carbocycles. The van der Waals surface area contributed by atoms with E-state index in [1.165, 1.54) is 10.9 Å². The Bertz CT molecular complexity index is 593. The van der Waals surface area contributed by atoms with Crippen molar-refractivity contribution in [3.8, 4) is 0 Å². The van der Waals surface area contributed by atoms with Crippen LogP contribution in [0.3, 0.4) is 0 Å². The van der Waals surface area contributed by atoms with Crippen LogP contribution in [0.4, 0.5) is 0 Å². The Morgan fingerprint density at radius 2 is 2.26 bits per heavy atom. The van der Waals surface area contributed by atoms with Crippen molar-refractivity contribution in [1.29, 1.82) is 0 Å². The van der Waals surface area contributed by atoms with Crippen LogP contribution in [0.15, 0.2) is 11.1 Å². The third kappa shape index (κ3) is 2.37. The Morgan fingerprint density at radius 1 is 1.58 bits per heavy atom. The quantitative estimate of drug-likeness (QED) is 0.716. The van der Waals surface area contributed by atoms with E-state index in [4.69, 9.17) is 0 Å². The van der Waals surface area contributed by atoms with Gasteiger partial charge in [-0.05, 0) is 26.7 Å². The second kappa shape index (κ2) is 4.93. The topological polar surface area (TPSA) is 95.3 Å². The summed E-state index contributed by atoms with van der Waals surface area (Å²) in [6, 6.07) is -1.07. The molecule has 1 aliphatic rings. The second-order valence-electron chi connectivity index (χ2n) is 4.53. The van der Waals surface area contributed by atoms with Gasteiger partial charge in [0.15, 0.2) is 0 Å². The molecule has 0 spiro atoms. The zero-order valence-corrected chi connectivity index (χ0v) is 11.7. The van der Waals surface area contributed by atoms with Gasteiger partial charge in [-0.25, -0.2) is 8.42 Å². The van der Waals surface area contributed by atoms with Gasteiger partial charge < -0.3 is 9.90 Å². The van der Waals surface area contributed by atoms with Crippen LogP contribution in [0.1, 0.15) is 25.5 Å². The summed E-state index contributed by atoms with van der Waals surface area (Å²) in [6.45, 7) is 4.21. The molecule has 0 radical (unpaired) electrons. The number of nitrogens with zero attached hydrogens (tertiary/aromatic N) is 3. The number of carbonyl (C=O) groups excluding carboxylic acids is 1. The van der Waals surface area contributed by atoms with Crippen LogP contribution in [0.25, 0.3) is 0 Å². The van der Waals surface area contributed by atoms with Gasteiger partial charge in [-0.3, -0.25) is 4.68 Å². The van der Waals surface area contributed by atoms with Gasteiger partial charge in [-0.15, -0.1) is 0 Å². The maximum absolute atomic E-state index is 12.5. The highest BCUT2D eigenvalue weighted by Gasteiger charge is 2.37. The lowest BCUT2D eigenvalue weighted by Gasteiger charge is -2.24. The number of aryl methyl sites for hydroxylation is 2. The molecule has 1 aromatic heterocycles. The first-order chi connectivity index (χ1) is 8.87. The highest BCUT2D eigenvalue weighted by Crippen LogP contribution is 2.27. The van der Waals surface area contributed by atoms with Crippen LogP contribution in [0.2, 0.25) is 0 Å². The maximum atomic E-state index is 12.5. The van der Waals surface area contributed by atoms with Crippen molar-refractivity contribution in [3.05, 3.63) is 11.9 Å². The van der Waals surface area contributed by atoms with E-state index in [0.717, 1.165) is 4.31 Å². The van der Waals surface area contributed by atoms with Gasteiger partial charge in [0.25, 0.3) is 0 Å². The van der Waals surface area contributed by atoms with Crippen LogP contribution in [-0.2, 0) is 21.4 Å². The fraction of sp³-hybridized carbons (Fsp3) is 0.636. The average molecular weight is 286 g/mol. The summed E-state index contributed by atoms with van der Waals surface area (Å²) in [6.07, 6.45) is 2.26. The van der Waals surface area contributed by atoms with Crippen LogP contribution in [0, 0.1) is 6.92 Å². The number of rotatable bonds is 4. The monoisotopic (exact) mass is 286 g/mol. The van der Waals surface area contributed by atoms with E-state index in [1.54, 1.807) is 6.92 Å². The Kier molecular flexibility index (Phi) is 3.64. The van der Waals surface area contributed by atoms with Crippen LogP contribution in [0.5, 0.6) is 0 Å². The average Bonchev–Trinajstić information content (AvgIpc) is 2.94. The molecular weight excluding hydrogens is 270 g/mol. The van der Waals surface area contributed by atoms with Gasteiger partial charge in [0, 0.05) is 19.3 Å². The van der Waals surface area contributed by atoms with Crippen molar-refractivity contribution in [2.45, 2.75) is 44.2 Å². The van der Waals surface area contributed by atoms with Crippen molar-refractivity contribution < 1.29 is 18.3 Å². The molecule has 7 nitrogen and oxygen atoms in total.